The summed E-state index contributed by atoms with van der Waals surface area (Å²) in [7, 11) is 0. The van der Waals surface area contributed by atoms with Crippen LogP contribution in [0, 0.1) is 0 Å². The van der Waals surface area contributed by atoms with E-state index < -0.39 is 0 Å². The maximum Gasteiger partial charge on any atom is 0.321 e. The number of carbonyl (C=O) groups is 1. The molecule has 0 atom stereocenters. The number of amides is 2. The zero-order valence-corrected chi connectivity index (χ0v) is 13.8. The Labute approximate surface area is 139 Å². The van der Waals surface area contributed by atoms with Gasteiger partial charge in [0.15, 0.2) is 5.13 Å². The van der Waals surface area contributed by atoms with E-state index in [9.17, 15) is 4.79 Å². The minimum absolute atomic E-state index is 0.212. The minimum Gasteiger partial charge on any atom is -0.338 e. The smallest absolute Gasteiger partial charge is 0.321 e. The average Bonchev–Trinajstić information content (AvgIpc) is 2.95. The van der Waals surface area contributed by atoms with Gasteiger partial charge >= 0.3 is 6.03 Å². The second-order valence-electron chi connectivity index (χ2n) is 5.29. The maximum atomic E-state index is 11.6. The molecule has 23 heavy (non-hydrogen) atoms. The molecular formula is C18H19N3OS. The van der Waals surface area contributed by atoms with Gasteiger partial charge in [-0.15, -0.1) is 0 Å². The molecule has 0 aliphatic heterocycles. The number of fused-ring (bicyclic) bond motifs is 1. The highest BCUT2D eigenvalue weighted by Crippen LogP contribution is 2.27. The minimum atomic E-state index is -0.212. The first kappa shape index (κ1) is 15.5. The number of benzene rings is 2. The molecule has 0 bridgehead atoms. The lowest BCUT2D eigenvalue weighted by Gasteiger charge is -2.02. The van der Waals surface area contributed by atoms with E-state index in [1.807, 2.05) is 19.1 Å². The van der Waals surface area contributed by atoms with Crippen LogP contribution in [0.5, 0.6) is 0 Å². The average molecular weight is 325 g/mol. The SMILES string of the molecule is CCNC(=O)Nc1nc2ccc(CCc3ccccc3)cc2s1. The topological polar surface area (TPSA) is 54.0 Å². The molecule has 2 amide bonds. The molecule has 0 saturated carbocycles. The van der Waals surface area contributed by atoms with Crippen molar-refractivity contribution in [2.24, 2.45) is 0 Å². The van der Waals surface area contributed by atoms with Crippen molar-refractivity contribution < 1.29 is 4.79 Å². The van der Waals surface area contributed by atoms with Crippen molar-refractivity contribution in [3.05, 3.63) is 59.7 Å². The molecule has 0 fully saturated rings. The number of rotatable bonds is 5. The largest absolute Gasteiger partial charge is 0.338 e. The van der Waals surface area contributed by atoms with Gasteiger partial charge in [0.05, 0.1) is 10.2 Å². The lowest BCUT2D eigenvalue weighted by atomic mass is 10.0. The Morgan fingerprint density at radius 2 is 1.87 bits per heavy atom. The van der Waals surface area contributed by atoms with E-state index in [4.69, 9.17) is 0 Å². The summed E-state index contributed by atoms with van der Waals surface area (Å²) in [5.41, 5.74) is 3.55. The quantitative estimate of drug-likeness (QED) is 0.738. The Hall–Kier alpha value is -2.40. The van der Waals surface area contributed by atoms with Crippen molar-refractivity contribution >= 4 is 32.7 Å². The molecule has 3 aromatic rings. The molecule has 0 aliphatic rings. The molecule has 5 heteroatoms. The van der Waals surface area contributed by atoms with Gasteiger partial charge in [-0.25, -0.2) is 9.78 Å². The zero-order chi connectivity index (χ0) is 16.1. The standard InChI is InChI=1S/C18H19N3OS/c1-2-19-17(22)21-18-20-15-11-10-14(12-16(15)23-18)9-8-13-6-4-3-5-7-13/h3-7,10-12H,2,8-9H2,1H3,(H2,19,20,21,22). The summed E-state index contributed by atoms with van der Waals surface area (Å²) in [6.45, 7) is 2.48. The van der Waals surface area contributed by atoms with E-state index in [-0.39, 0.29) is 6.03 Å². The number of aryl methyl sites for hydroxylation is 2. The van der Waals surface area contributed by atoms with Crippen LogP contribution >= 0.6 is 11.3 Å². The van der Waals surface area contributed by atoms with Crippen molar-refractivity contribution in [1.29, 1.82) is 0 Å². The van der Waals surface area contributed by atoms with Gasteiger partial charge in [0.2, 0.25) is 0 Å². The number of carbonyl (C=O) groups excluding carboxylic acids is 1. The fraction of sp³-hybridized carbons (Fsp3) is 0.222. The highest BCUT2D eigenvalue weighted by Gasteiger charge is 2.07. The number of hydrogen-bond donors (Lipinski definition) is 2. The van der Waals surface area contributed by atoms with Crippen LogP contribution in [0.15, 0.2) is 48.5 Å². The number of anilines is 1. The molecular weight excluding hydrogens is 306 g/mol. The first-order valence-electron chi connectivity index (χ1n) is 7.73. The molecule has 0 saturated heterocycles. The molecule has 1 aromatic heterocycles. The van der Waals surface area contributed by atoms with Gasteiger partial charge in [-0.1, -0.05) is 47.7 Å². The van der Waals surface area contributed by atoms with Crippen LogP contribution in [0.3, 0.4) is 0 Å². The molecule has 0 radical (unpaired) electrons. The number of nitrogens with one attached hydrogen (secondary N) is 2. The normalized spacial score (nSPS) is 10.7. The predicted molar refractivity (Wildman–Crippen MR) is 96.2 cm³/mol. The molecule has 0 unspecified atom stereocenters. The number of nitrogens with zero attached hydrogens (tertiary/aromatic N) is 1. The molecule has 118 valence electrons. The Bertz CT molecular complexity index is 798. The predicted octanol–water partition coefficient (Wildman–Crippen LogP) is 4.22. The Kier molecular flexibility index (Phi) is 4.88. The Morgan fingerprint density at radius 1 is 1.09 bits per heavy atom. The summed E-state index contributed by atoms with van der Waals surface area (Å²) < 4.78 is 1.10. The van der Waals surface area contributed by atoms with Gasteiger partial charge in [0, 0.05) is 6.54 Å². The summed E-state index contributed by atoms with van der Waals surface area (Å²) in [6.07, 6.45) is 2.02. The lowest BCUT2D eigenvalue weighted by Crippen LogP contribution is -2.28. The molecule has 1 heterocycles. The highest BCUT2D eigenvalue weighted by molar-refractivity contribution is 7.22. The third-order valence-corrected chi connectivity index (χ3v) is 4.49. The van der Waals surface area contributed by atoms with Crippen molar-refractivity contribution in [3.63, 3.8) is 0 Å². The summed E-state index contributed by atoms with van der Waals surface area (Å²) in [5, 5.41) is 6.10. The second kappa shape index (κ2) is 7.24. The summed E-state index contributed by atoms with van der Waals surface area (Å²) in [6, 6.07) is 16.6. The molecule has 3 rings (SSSR count). The van der Waals surface area contributed by atoms with E-state index in [1.165, 1.54) is 22.5 Å². The van der Waals surface area contributed by atoms with Crippen molar-refractivity contribution in [2.45, 2.75) is 19.8 Å². The van der Waals surface area contributed by atoms with Crippen LogP contribution in [0.2, 0.25) is 0 Å². The molecule has 0 spiro atoms. The second-order valence-corrected chi connectivity index (χ2v) is 6.32. The van der Waals surface area contributed by atoms with E-state index in [0.717, 1.165) is 23.1 Å². The number of urea groups is 1. The summed E-state index contributed by atoms with van der Waals surface area (Å²) in [5.74, 6) is 0. The maximum absolute atomic E-state index is 11.6. The van der Waals surface area contributed by atoms with E-state index >= 15 is 0 Å². The van der Waals surface area contributed by atoms with Crippen LogP contribution in [-0.4, -0.2) is 17.6 Å². The molecule has 4 nitrogen and oxygen atoms in total. The zero-order valence-electron chi connectivity index (χ0n) is 13.0. The first-order valence-corrected chi connectivity index (χ1v) is 8.54. The van der Waals surface area contributed by atoms with E-state index in [2.05, 4.69) is 52.0 Å². The van der Waals surface area contributed by atoms with Crippen LogP contribution in [-0.2, 0) is 12.8 Å². The van der Waals surface area contributed by atoms with Crippen LogP contribution in [0.1, 0.15) is 18.1 Å². The van der Waals surface area contributed by atoms with Crippen molar-refractivity contribution in [2.75, 3.05) is 11.9 Å². The third-order valence-electron chi connectivity index (χ3n) is 3.56. The van der Waals surface area contributed by atoms with Gasteiger partial charge in [-0.3, -0.25) is 5.32 Å². The fourth-order valence-corrected chi connectivity index (χ4v) is 3.34. The van der Waals surface area contributed by atoms with E-state index in [0.29, 0.717) is 11.7 Å². The number of thiazole rings is 1. The highest BCUT2D eigenvalue weighted by atomic mass is 32.1. The Morgan fingerprint density at radius 3 is 2.65 bits per heavy atom. The molecule has 2 aromatic carbocycles. The van der Waals surface area contributed by atoms with Gasteiger partial charge in [0.1, 0.15) is 0 Å². The molecule has 2 N–H and O–H groups in total. The monoisotopic (exact) mass is 325 g/mol. The van der Waals surface area contributed by atoms with E-state index in [1.54, 1.807) is 0 Å². The summed E-state index contributed by atoms with van der Waals surface area (Å²) in [4.78, 5) is 16.0. The molecule has 0 aliphatic carbocycles. The van der Waals surface area contributed by atoms with Crippen LogP contribution in [0.4, 0.5) is 9.93 Å². The van der Waals surface area contributed by atoms with Crippen molar-refractivity contribution in [1.82, 2.24) is 10.3 Å². The van der Waals surface area contributed by atoms with Crippen LogP contribution < -0.4 is 10.6 Å². The first-order chi connectivity index (χ1) is 11.2. The van der Waals surface area contributed by atoms with Gasteiger partial charge < -0.3 is 5.32 Å². The lowest BCUT2D eigenvalue weighted by molar-refractivity contribution is 0.252. The van der Waals surface area contributed by atoms with Gasteiger partial charge in [-0.2, -0.15) is 0 Å². The summed E-state index contributed by atoms with van der Waals surface area (Å²) >= 11 is 1.50. The van der Waals surface area contributed by atoms with Gasteiger partial charge in [0.25, 0.3) is 0 Å². The van der Waals surface area contributed by atoms with Gasteiger partial charge in [-0.05, 0) is 43.0 Å². The third kappa shape index (κ3) is 4.07. The fourth-order valence-electron chi connectivity index (χ4n) is 2.41. The van der Waals surface area contributed by atoms with Crippen molar-refractivity contribution in [3.8, 4) is 0 Å². The van der Waals surface area contributed by atoms with Crippen LogP contribution in [0.25, 0.3) is 10.2 Å². The number of aromatic nitrogens is 1. The number of hydrogen-bond acceptors (Lipinski definition) is 3. The Balaban J connectivity index is 1.70.